The molecule has 2 aromatic rings. The van der Waals surface area contributed by atoms with Crippen molar-refractivity contribution in [2.75, 3.05) is 33.6 Å². The standard InChI is InChI=1S/C20H28N4O4S/c1-21-20(23-15-17-9-10-18(27-2)13-19(17)28-3)22-11-12-29(25,26)24-14-16-7-5-4-6-8-16/h4-10,13,24H,11-12,14-15H2,1-3H3,(H2,21,22,23). The van der Waals surface area contributed by atoms with Gasteiger partial charge in [-0.05, 0) is 17.7 Å². The van der Waals surface area contributed by atoms with E-state index >= 15 is 0 Å². The second-order valence-corrected chi connectivity index (χ2v) is 8.08. The Bertz CT molecular complexity index is 902. The molecule has 0 saturated carbocycles. The average molecular weight is 421 g/mol. The van der Waals surface area contributed by atoms with Gasteiger partial charge in [-0.1, -0.05) is 30.3 Å². The number of hydrogen-bond donors (Lipinski definition) is 3. The van der Waals surface area contributed by atoms with E-state index in [0.717, 1.165) is 11.1 Å². The minimum absolute atomic E-state index is 0.0631. The summed E-state index contributed by atoms with van der Waals surface area (Å²) in [5.41, 5.74) is 1.84. The van der Waals surface area contributed by atoms with Crippen molar-refractivity contribution in [1.82, 2.24) is 15.4 Å². The number of sulfonamides is 1. The lowest BCUT2D eigenvalue weighted by Crippen LogP contribution is -2.40. The maximum Gasteiger partial charge on any atom is 0.213 e. The summed E-state index contributed by atoms with van der Waals surface area (Å²) in [5, 5.41) is 6.15. The Morgan fingerprint density at radius 1 is 1.00 bits per heavy atom. The van der Waals surface area contributed by atoms with E-state index in [4.69, 9.17) is 9.47 Å². The normalized spacial score (nSPS) is 11.8. The molecule has 3 N–H and O–H groups in total. The highest BCUT2D eigenvalue weighted by Crippen LogP contribution is 2.24. The molecule has 0 aliphatic carbocycles. The lowest BCUT2D eigenvalue weighted by molar-refractivity contribution is 0.390. The Morgan fingerprint density at radius 3 is 2.41 bits per heavy atom. The van der Waals surface area contributed by atoms with Gasteiger partial charge in [-0.15, -0.1) is 0 Å². The number of rotatable bonds is 10. The lowest BCUT2D eigenvalue weighted by atomic mass is 10.2. The highest BCUT2D eigenvalue weighted by Gasteiger charge is 2.11. The topological polar surface area (TPSA) is 101 Å². The zero-order valence-corrected chi connectivity index (χ0v) is 17.8. The largest absolute Gasteiger partial charge is 0.497 e. The van der Waals surface area contributed by atoms with Gasteiger partial charge in [-0.3, -0.25) is 4.99 Å². The van der Waals surface area contributed by atoms with Crippen molar-refractivity contribution in [2.45, 2.75) is 13.1 Å². The number of benzene rings is 2. The van der Waals surface area contributed by atoms with Crippen LogP contribution in [0.2, 0.25) is 0 Å². The molecule has 0 aliphatic rings. The molecule has 0 spiro atoms. The third-order valence-corrected chi connectivity index (χ3v) is 5.49. The van der Waals surface area contributed by atoms with Crippen molar-refractivity contribution < 1.29 is 17.9 Å². The van der Waals surface area contributed by atoms with Gasteiger partial charge in [-0.2, -0.15) is 0 Å². The van der Waals surface area contributed by atoms with Gasteiger partial charge in [-0.25, -0.2) is 13.1 Å². The van der Waals surface area contributed by atoms with Crippen LogP contribution in [-0.4, -0.2) is 47.9 Å². The first kappa shape index (κ1) is 22.5. The van der Waals surface area contributed by atoms with Crippen LogP contribution in [0.5, 0.6) is 11.5 Å². The van der Waals surface area contributed by atoms with Gasteiger partial charge >= 0.3 is 0 Å². The second kappa shape index (κ2) is 11.3. The first-order valence-corrected chi connectivity index (χ1v) is 10.8. The number of nitrogens with zero attached hydrogens (tertiary/aromatic N) is 1. The Morgan fingerprint density at radius 2 is 1.76 bits per heavy atom. The van der Waals surface area contributed by atoms with Crippen LogP contribution in [0.1, 0.15) is 11.1 Å². The zero-order valence-electron chi connectivity index (χ0n) is 16.9. The van der Waals surface area contributed by atoms with Crippen molar-refractivity contribution in [1.29, 1.82) is 0 Å². The molecule has 0 unspecified atom stereocenters. The molecule has 8 nitrogen and oxygen atoms in total. The van der Waals surface area contributed by atoms with E-state index < -0.39 is 10.0 Å². The van der Waals surface area contributed by atoms with Crippen molar-refractivity contribution in [2.24, 2.45) is 4.99 Å². The van der Waals surface area contributed by atoms with E-state index in [9.17, 15) is 8.42 Å². The Hall–Kier alpha value is -2.78. The highest BCUT2D eigenvalue weighted by molar-refractivity contribution is 7.89. The third kappa shape index (κ3) is 7.63. The molecule has 0 saturated heterocycles. The highest BCUT2D eigenvalue weighted by atomic mass is 32.2. The molecule has 0 radical (unpaired) electrons. The molecule has 0 aromatic heterocycles. The zero-order chi connectivity index (χ0) is 21.1. The van der Waals surface area contributed by atoms with E-state index in [-0.39, 0.29) is 18.8 Å². The molecule has 0 fully saturated rings. The van der Waals surface area contributed by atoms with Gasteiger partial charge in [0, 0.05) is 38.3 Å². The van der Waals surface area contributed by atoms with Gasteiger partial charge in [0.1, 0.15) is 11.5 Å². The van der Waals surface area contributed by atoms with Crippen LogP contribution in [0.4, 0.5) is 0 Å². The first-order chi connectivity index (χ1) is 14.0. The Balaban J connectivity index is 1.80. The van der Waals surface area contributed by atoms with E-state index in [0.29, 0.717) is 24.0 Å². The van der Waals surface area contributed by atoms with Crippen LogP contribution in [0.3, 0.4) is 0 Å². The Kier molecular flexibility index (Phi) is 8.75. The number of hydrogen-bond acceptors (Lipinski definition) is 5. The molecular formula is C20H28N4O4S. The predicted molar refractivity (Wildman–Crippen MR) is 115 cm³/mol. The van der Waals surface area contributed by atoms with Crippen molar-refractivity contribution in [3.8, 4) is 11.5 Å². The molecule has 0 heterocycles. The van der Waals surface area contributed by atoms with Crippen LogP contribution >= 0.6 is 0 Å². The summed E-state index contributed by atoms with van der Waals surface area (Å²) in [7, 11) is 1.42. The summed E-state index contributed by atoms with van der Waals surface area (Å²) >= 11 is 0. The number of methoxy groups -OCH3 is 2. The molecule has 158 valence electrons. The molecule has 9 heteroatoms. The Labute approximate surface area is 172 Å². The van der Waals surface area contributed by atoms with Crippen molar-refractivity contribution in [3.63, 3.8) is 0 Å². The summed E-state index contributed by atoms with van der Waals surface area (Å²) < 4.78 is 37.5. The SMILES string of the molecule is CN=C(NCCS(=O)(=O)NCc1ccccc1)NCc1ccc(OC)cc1OC. The summed E-state index contributed by atoms with van der Waals surface area (Å²) in [6.07, 6.45) is 0. The fraction of sp³-hybridized carbons (Fsp3) is 0.350. The smallest absolute Gasteiger partial charge is 0.213 e. The molecule has 0 aliphatic heterocycles. The molecule has 0 bridgehead atoms. The summed E-state index contributed by atoms with van der Waals surface area (Å²) in [6.45, 7) is 0.961. The number of nitrogens with one attached hydrogen (secondary N) is 3. The molecular weight excluding hydrogens is 392 g/mol. The third-order valence-electron chi connectivity index (χ3n) is 4.17. The van der Waals surface area contributed by atoms with Crippen molar-refractivity contribution >= 4 is 16.0 Å². The minimum atomic E-state index is -3.40. The fourth-order valence-electron chi connectivity index (χ4n) is 2.56. The molecule has 29 heavy (non-hydrogen) atoms. The molecule has 2 rings (SSSR count). The van der Waals surface area contributed by atoms with E-state index in [1.165, 1.54) is 0 Å². The molecule has 0 amide bonds. The van der Waals surface area contributed by atoms with Crippen LogP contribution in [0.15, 0.2) is 53.5 Å². The van der Waals surface area contributed by atoms with Gasteiger partial charge in [0.05, 0.1) is 20.0 Å². The second-order valence-electron chi connectivity index (χ2n) is 6.16. The van der Waals surface area contributed by atoms with Gasteiger partial charge in [0.25, 0.3) is 0 Å². The number of aliphatic imine (C=N–C) groups is 1. The monoisotopic (exact) mass is 420 g/mol. The summed E-state index contributed by atoms with van der Waals surface area (Å²) in [6, 6.07) is 14.9. The minimum Gasteiger partial charge on any atom is -0.497 e. The maximum absolute atomic E-state index is 12.2. The van der Waals surface area contributed by atoms with Gasteiger partial charge in [0.2, 0.25) is 10.0 Å². The van der Waals surface area contributed by atoms with Crippen LogP contribution in [0, 0.1) is 0 Å². The van der Waals surface area contributed by atoms with Crippen LogP contribution in [-0.2, 0) is 23.1 Å². The summed E-state index contributed by atoms with van der Waals surface area (Å²) in [4.78, 5) is 4.12. The quantitative estimate of drug-likeness (QED) is 0.398. The maximum atomic E-state index is 12.2. The number of guanidine groups is 1. The fourth-order valence-corrected chi connectivity index (χ4v) is 3.46. The van der Waals surface area contributed by atoms with E-state index in [1.54, 1.807) is 27.3 Å². The molecule has 2 aromatic carbocycles. The lowest BCUT2D eigenvalue weighted by Gasteiger charge is -2.14. The van der Waals surface area contributed by atoms with Gasteiger partial charge in [0.15, 0.2) is 5.96 Å². The molecule has 0 atom stereocenters. The average Bonchev–Trinajstić information content (AvgIpc) is 2.75. The first-order valence-electron chi connectivity index (χ1n) is 9.14. The van der Waals surface area contributed by atoms with Gasteiger partial charge < -0.3 is 20.1 Å². The van der Waals surface area contributed by atoms with E-state index in [2.05, 4.69) is 20.3 Å². The summed E-state index contributed by atoms with van der Waals surface area (Å²) in [5.74, 6) is 1.84. The number of ether oxygens (including phenoxy) is 2. The van der Waals surface area contributed by atoms with Crippen LogP contribution < -0.4 is 24.8 Å². The predicted octanol–water partition coefficient (Wildman–Crippen LogP) is 1.49. The van der Waals surface area contributed by atoms with Crippen LogP contribution in [0.25, 0.3) is 0 Å². The van der Waals surface area contributed by atoms with Crippen molar-refractivity contribution in [3.05, 3.63) is 59.7 Å². The van der Waals surface area contributed by atoms with E-state index in [1.807, 2.05) is 42.5 Å².